The molecule has 8 heteroatoms. The van der Waals surface area contributed by atoms with Crippen LogP contribution < -0.4 is 15.0 Å². The average Bonchev–Trinajstić information content (AvgIpc) is 3.02. The van der Waals surface area contributed by atoms with Gasteiger partial charge in [0.2, 0.25) is 0 Å². The number of H-pyrrole nitrogens is 1. The quantitative estimate of drug-likeness (QED) is 0.622. The van der Waals surface area contributed by atoms with Gasteiger partial charge in [0.25, 0.3) is 5.56 Å². The molecule has 1 aromatic carbocycles. The highest BCUT2D eigenvalue weighted by molar-refractivity contribution is 7.20. The van der Waals surface area contributed by atoms with Crippen LogP contribution in [0.5, 0.6) is 11.5 Å². The minimum absolute atomic E-state index is 0.127. The first-order valence-electron chi connectivity index (χ1n) is 8.70. The normalized spacial score (nSPS) is 11.2. The van der Waals surface area contributed by atoms with Crippen LogP contribution in [0, 0.1) is 6.92 Å². The standard InChI is InChI=1S/C20H20N2O5S/c1-4-9-27-14-10-12(5-7-13(14)26-3)6-8-15-21-18(23)16-11(2)17(20(24)25)28-19(16)22-15/h5-8,10H,4,9H2,1-3H3,(H,24,25)(H,21,22,23)/b8-6+. The molecule has 0 aliphatic carbocycles. The van der Waals surface area contributed by atoms with Crippen LogP contribution in [0.2, 0.25) is 0 Å². The molecule has 0 radical (unpaired) electrons. The Bertz CT molecular complexity index is 1110. The number of hydrogen-bond donors (Lipinski definition) is 2. The molecule has 28 heavy (non-hydrogen) atoms. The number of aromatic nitrogens is 2. The number of carbonyl (C=O) groups is 1. The third-order valence-corrected chi connectivity index (χ3v) is 5.27. The first-order chi connectivity index (χ1) is 13.4. The molecule has 0 aliphatic heterocycles. The van der Waals surface area contributed by atoms with E-state index in [1.54, 1.807) is 26.2 Å². The molecular formula is C20H20N2O5S. The SMILES string of the molecule is CCCOc1cc(/C=C/c2nc3sc(C(=O)O)c(C)c3c(=O)[nH]2)ccc1OC. The lowest BCUT2D eigenvalue weighted by atomic mass is 10.2. The Hall–Kier alpha value is -3.13. The van der Waals surface area contributed by atoms with Gasteiger partial charge in [-0.3, -0.25) is 4.79 Å². The third-order valence-electron chi connectivity index (χ3n) is 4.10. The predicted octanol–water partition coefficient (Wildman–Crippen LogP) is 3.96. The molecule has 2 aromatic heterocycles. The highest BCUT2D eigenvalue weighted by Gasteiger charge is 2.18. The number of nitrogens with zero attached hydrogens (tertiary/aromatic N) is 1. The van der Waals surface area contributed by atoms with E-state index < -0.39 is 5.97 Å². The van der Waals surface area contributed by atoms with E-state index in [0.717, 1.165) is 23.3 Å². The number of thiophene rings is 1. The topological polar surface area (TPSA) is 102 Å². The number of methoxy groups -OCH3 is 1. The number of nitrogens with one attached hydrogen (secondary N) is 1. The molecule has 0 bridgehead atoms. The van der Waals surface area contributed by atoms with E-state index in [0.29, 0.717) is 39.7 Å². The Morgan fingerprint density at radius 3 is 2.79 bits per heavy atom. The summed E-state index contributed by atoms with van der Waals surface area (Å²) in [6, 6.07) is 5.52. The average molecular weight is 400 g/mol. The van der Waals surface area contributed by atoms with Crippen molar-refractivity contribution in [3.05, 3.63) is 50.4 Å². The number of fused-ring (bicyclic) bond motifs is 1. The number of aryl methyl sites for hydroxylation is 1. The van der Waals surface area contributed by atoms with Crippen molar-refractivity contribution in [1.82, 2.24) is 9.97 Å². The summed E-state index contributed by atoms with van der Waals surface area (Å²) in [7, 11) is 1.59. The molecule has 0 fully saturated rings. The molecule has 0 aliphatic rings. The number of carboxylic acids is 1. The van der Waals surface area contributed by atoms with Crippen LogP contribution in [-0.2, 0) is 0 Å². The zero-order chi connectivity index (χ0) is 20.3. The van der Waals surface area contributed by atoms with Crippen LogP contribution in [0.4, 0.5) is 0 Å². The van der Waals surface area contributed by atoms with Gasteiger partial charge in [0.05, 0.1) is 19.1 Å². The van der Waals surface area contributed by atoms with Crippen LogP contribution in [0.1, 0.15) is 40.0 Å². The molecule has 0 unspecified atom stereocenters. The van der Waals surface area contributed by atoms with E-state index in [9.17, 15) is 14.7 Å². The first-order valence-corrected chi connectivity index (χ1v) is 9.51. The maximum atomic E-state index is 12.4. The van der Waals surface area contributed by atoms with Gasteiger partial charge in [0.15, 0.2) is 11.5 Å². The van der Waals surface area contributed by atoms with Crippen molar-refractivity contribution in [3.8, 4) is 11.5 Å². The van der Waals surface area contributed by atoms with Gasteiger partial charge in [-0.1, -0.05) is 19.1 Å². The minimum atomic E-state index is -1.06. The highest BCUT2D eigenvalue weighted by Crippen LogP contribution is 2.29. The number of rotatable bonds is 7. The van der Waals surface area contributed by atoms with Crippen molar-refractivity contribution >= 4 is 39.7 Å². The zero-order valence-electron chi connectivity index (χ0n) is 15.7. The summed E-state index contributed by atoms with van der Waals surface area (Å²) in [5.74, 6) is 0.578. The van der Waals surface area contributed by atoms with Crippen molar-refractivity contribution in [2.75, 3.05) is 13.7 Å². The molecule has 0 spiro atoms. The second-order valence-electron chi connectivity index (χ2n) is 6.08. The van der Waals surface area contributed by atoms with Gasteiger partial charge in [-0.05, 0) is 42.7 Å². The predicted molar refractivity (Wildman–Crippen MR) is 110 cm³/mol. The molecule has 0 saturated carbocycles. The van der Waals surface area contributed by atoms with Gasteiger partial charge in [-0.25, -0.2) is 9.78 Å². The highest BCUT2D eigenvalue weighted by atomic mass is 32.1. The van der Waals surface area contributed by atoms with Crippen LogP contribution in [0.3, 0.4) is 0 Å². The van der Waals surface area contributed by atoms with Crippen molar-refractivity contribution in [2.45, 2.75) is 20.3 Å². The maximum Gasteiger partial charge on any atom is 0.346 e. The van der Waals surface area contributed by atoms with Gasteiger partial charge in [-0.15, -0.1) is 11.3 Å². The van der Waals surface area contributed by atoms with E-state index in [1.165, 1.54) is 0 Å². The molecule has 2 N–H and O–H groups in total. The summed E-state index contributed by atoms with van der Waals surface area (Å²) in [6.45, 7) is 4.22. The van der Waals surface area contributed by atoms with Gasteiger partial charge in [0.1, 0.15) is 15.5 Å². The van der Waals surface area contributed by atoms with E-state index >= 15 is 0 Å². The summed E-state index contributed by atoms with van der Waals surface area (Å²) in [6.07, 6.45) is 4.34. The molecular weight excluding hydrogens is 380 g/mol. The molecule has 0 amide bonds. The van der Waals surface area contributed by atoms with Gasteiger partial charge < -0.3 is 19.6 Å². The zero-order valence-corrected chi connectivity index (χ0v) is 16.6. The summed E-state index contributed by atoms with van der Waals surface area (Å²) in [5.41, 5.74) is 0.931. The molecule has 3 aromatic rings. The molecule has 0 saturated heterocycles. The summed E-state index contributed by atoms with van der Waals surface area (Å²) < 4.78 is 11.0. The largest absolute Gasteiger partial charge is 0.493 e. The van der Waals surface area contributed by atoms with Crippen LogP contribution in [0.15, 0.2) is 23.0 Å². The van der Waals surface area contributed by atoms with Crippen LogP contribution >= 0.6 is 11.3 Å². The Labute approximate surface area is 165 Å². The minimum Gasteiger partial charge on any atom is -0.493 e. The van der Waals surface area contributed by atoms with Crippen molar-refractivity contribution in [2.24, 2.45) is 0 Å². The fraction of sp³-hybridized carbons (Fsp3) is 0.250. The third kappa shape index (κ3) is 3.91. The van der Waals surface area contributed by atoms with E-state index in [4.69, 9.17) is 9.47 Å². The number of ether oxygens (including phenoxy) is 2. The number of aromatic carboxylic acids is 1. The molecule has 146 valence electrons. The molecule has 3 rings (SSSR count). The van der Waals surface area contributed by atoms with Crippen LogP contribution in [-0.4, -0.2) is 34.8 Å². The number of benzene rings is 1. The Morgan fingerprint density at radius 1 is 1.32 bits per heavy atom. The van der Waals surface area contributed by atoms with Crippen LogP contribution in [0.25, 0.3) is 22.4 Å². The number of aromatic amines is 1. The smallest absolute Gasteiger partial charge is 0.346 e. The fourth-order valence-electron chi connectivity index (χ4n) is 2.74. The summed E-state index contributed by atoms with van der Waals surface area (Å²) >= 11 is 0.997. The van der Waals surface area contributed by atoms with Crippen molar-refractivity contribution < 1.29 is 19.4 Å². The van der Waals surface area contributed by atoms with Crippen molar-refractivity contribution in [1.29, 1.82) is 0 Å². The second kappa shape index (κ2) is 8.26. The van der Waals surface area contributed by atoms with E-state index in [-0.39, 0.29) is 10.4 Å². The van der Waals surface area contributed by atoms with Crippen molar-refractivity contribution in [3.63, 3.8) is 0 Å². The molecule has 2 heterocycles. The van der Waals surface area contributed by atoms with Gasteiger partial charge in [-0.2, -0.15) is 0 Å². The van der Waals surface area contributed by atoms with E-state index in [1.807, 2.05) is 25.1 Å². The lowest BCUT2D eigenvalue weighted by molar-refractivity contribution is 0.0701. The Balaban J connectivity index is 1.95. The maximum absolute atomic E-state index is 12.4. The lowest BCUT2D eigenvalue weighted by Gasteiger charge is -2.10. The molecule has 0 atom stereocenters. The van der Waals surface area contributed by atoms with E-state index in [2.05, 4.69) is 9.97 Å². The fourth-order valence-corrected chi connectivity index (χ4v) is 3.77. The lowest BCUT2D eigenvalue weighted by Crippen LogP contribution is -2.09. The summed E-state index contributed by atoms with van der Waals surface area (Å²) in [5, 5.41) is 9.56. The second-order valence-corrected chi connectivity index (χ2v) is 7.08. The summed E-state index contributed by atoms with van der Waals surface area (Å²) in [4.78, 5) is 31.3. The van der Waals surface area contributed by atoms with Gasteiger partial charge in [0, 0.05) is 0 Å². The molecule has 7 nitrogen and oxygen atoms in total. The Morgan fingerprint density at radius 2 is 2.11 bits per heavy atom. The number of carboxylic acid groups (broad SMARTS) is 1. The van der Waals surface area contributed by atoms with Gasteiger partial charge >= 0.3 is 5.97 Å². The monoisotopic (exact) mass is 400 g/mol. The first kappa shape index (κ1) is 19.6. The Kier molecular flexibility index (Phi) is 5.79. The number of hydrogen-bond acceptors (Lipinski definition) is 6.